The van der Waals surface area contributed by atoms with Gasteiger partial charge in [-0.3, -0.25) is 0 Å². The van der Waals surface area contributed by atoms with Crippen molar-refractivity contribution in [3.63, 3.8) is 0 Å². The summed E-state index contributed by atoms with van der Waals surface area (Å²) in [5, 5.41) is 3.53. The van der Waals surface area contributed by atoms with Crippen molar-refractivity contribution in [3.8, 4) is 5.75 Å². The third-order valence-corrected chi connectivity index (χ3v) is 3.25. The molecular formula is C14H20BrNO. The molecule has 1 aromatic carbocycles. The first-order chi connectivity index (χ1) is 8.15. The van der Waals surface area contributed by atoms with E-state index in [1.54, 1.807) is 0 Å². The van der Waals surface area contributed by atoms with Crippen LogP contribution in [0.15, 0.2) is 22.7 Å². The molecule has 1 saturated carbocycles. The van der Waals surface area contributed by atoms with E-state index in [1.807, 2.05) is 6.07 Å². The largest absolute Gasteiger partial charge is 0.493 e. The quantitative estimate of drug-likeness (QED) is 0.864. The molecule has 0 aliphatic heterocycles. The fraction of sp³-hybridized carbons (Fsp3) is 0.571. The van der Waals surface area contributed by atoms with Crippen LogP contribution in [0.4, 0.5) is 0 Å². The van der Waals surface area contributed by atoms with Crippen molar-refractivity contribution < 1.29 is 4.74 Å². The molecule has 17 heavy (non-hydrogen) atoms. The van der Waals surface area contributed by atoms with E-state index < -0.39 is 0 Å². The average molecular weight is 298 g/mol. The van der Waals surface area contributed by atoms with Crippen LogP contribution in [0.25, 0.3) is 0 Å². The summed E-state index contributed by atoms with van der Waals surface area (Å²) in [6.45, 7) is 6.01. The Bertz CT molecular complexity index is 374. The Morgan fingerprint density at radius 2 is 2.18 bits per heavy atom. The maximum absolute atomic E-state index is 5.85. The number of halogens is 1. The predicted molar refractivity (Wildman–Crippen MR) is 74.3 cm³/mol. The van der Waals surface area contributed by atoms with Gasteiger partial charge < -0.3 is 10.1 Å². The molecule has 0 unspecified atom stereocenters. The summed E-state index contributed by atoms with van der Waals surface area (Å²) in [5.74, 6) is 1.57. The Morgan fingerprint density at radius 1 is 1.41 bits per heavy atom. The second-order valence-corrected chi connectivity index (χ2v) is 6.03. The van der Waals surface area contributed by atoms with Gasteiger partial charge in [-0.05, 0) is 37.0 Å². The number of rotatable bonds is 6. The Kier molecular flexibility index (Phi) is 4.46. The van der Waals surface area contributed by atoms with Crippen LogP contribution >= 0.6 is 15.9 Å². The van der Waals surface area contributed by atoms with E-state index in [2.05, 4.69) is 47.2 Å². The van der Waals surface area contributed by atoms with Gasteiger partial charge in [0.1, 0.15) is 5.75 Å². The number of hydrogen-bond donors (Lipinski definition) is 1. The van der Waals surface area contributed by atoms with Crippen molar-refractivity contribution in [2.24, 2.45) is 5.92 Å². The molecule has 1 aliphatic rings. The lowest BCUT2D eigenvalue weighted by atomic mass is 10.2. The van der Waals surface area contributed by atoms with Crippen LogP contribution < -0.4 is 10.1 Å². The van der Waals surface area contributed by atoms with Gasteiger partial charge in [-0.2, -0.15) is 0 Å². The van der Waals surface area contributed by atoms with E-state index in [4.69, 9.17) is 4.74 Å². The zero-order valence-corrected chi connectivity index (χ0v) is 12.1. The lowest BCUT2D eigenvalue weighted by Gasteiger charge is -2.14. The molecule has 2 nitrogen and oxygen atoms in total. The van der Waals surface area contributed by atoms with Crippen molar-refractivity contribution in [2.75, 3.05) is 6.61 Å². The van der Waals surface area contributed by atoms with Gasteiger partial charge in [-0.15, -0.1) is 0 Å². The van der Waals surface area contributed by atoms with E-state index in [-0.39, 0.29) is 0 Å². The summed E-state index contributed by atoms with van der Waals surface area (Å²) in [6, 6.07) is 6.96. The molecule has 0 amide bonds. The molecule has 0 bridgehead atoms. The van der Waals surface area contributed by atoms with E-state index >= 15 is 0 Å². The molecule has 3 heteroatoms. The summed E-state index contributed by atoms with van der Waals surface area (Å²) >= 11 is 3.52. The topological polar surface area (TPSA) is 21.3 Å². The Labute approximate surface area is 112 Å². The van der Waals surface area contributed by atoms with Gasteiger partial charge in [0.2, 0.25) is 0 Å². The van der Waals surface area contributed by atoms with Gasteiger partial charge in [0, 0.05) is 22.6 Å². The Balaban J connectivity index is 2.00. The standard InChI is InChI=1S/C14H20BrNO/c1-10(2)9-17-14-6-3-12(15)7-11(14)8-16-13-4-5-13/h3,6-7,10,13,16H,4-5,8-9H2,1-2H3. The summed E-state index contributed by atoms with van der Waals surface area (Å²) in [6.07, 6.45) is 2.63. The average Bonchev–Trinajstić information content (AvgIpc) is 3.08. The van der Waals surface area contributed by atoms with Gasteiger partial charge in [-0.25, -0.2) is 0 Å². The lowest BCUT2D eigenvalue weighted by Crippen LogP contribution is -2.16. The number of benzene rings is 1. The van der Waals surface area contributed by atoms with Crippen molar-refractivity contribution in [1.82, 2.24) is 5.32 Å². The van der Waals surface area contributed by atoms with E-state index in [0.29, 0.717) is 5.92 Å². The van der Waals surface area contributed by atoms with E-state index in [9.17, 15) is 0 Å². The molecule has 0 atom stereocenters. The zero-order valence-electron chi connectivity index (χ0n) is 10.5. The highest BCUT2D eigenvalue weighted by Crippen LogP contribution is 2.25. The monoisotopic (exact) mass is 297 g/mol. The number of ether oxygens (including phenoxy) is 1. The molecule has 0 spiro atoms. The molecule has 0 saturated heterocycles. The molecule has 1 aliphatic carbocycles. The second kappa shape index (κ2) is 5.87. The van der Waals surface area contributed by atoms with Crippen molar-refractivity contribution in [1.29, 1.82) is 0 Å². The van der Waals surface area contributed by atoms with Crippen LogP contribution in [0.1, 0.15) is 32.3 Å². The Morgan fingerprint density at radius 3 is 2.82 bits per heavy atom. The second-order valence-electron chi connectivity index (χ2n) is 5.11. The highest BCUT2D eigenvalue weighted by Gasteiger charge is 2.20. The predicted octanol–water partition coefficient (Wildman–Crippen LogP) is 3.74. The van der Waals surface area contributed by atoms with Crippen LogP contribution in [0.5, 0.6) is 5.75 Å². The van der Waals surface area contributed by atoms with Gasteiger partial charge in [0.15, 0.2) is 0 Å². The summed E-state index contributed by atoms with van der Waals surface area (Å²) in [5.41, 5.74) is 1.24. The molecule has 0 heterocycles. The van der Waals surface area contributed by atoms with Crippen LogP contribution in [0, 0.1) is 5.92 Å². The van der Waals surface area contributed by atoms with Crippen molar-refractivity contribution >= 4 is 15.9 Å². The summed E-state index contributed by atoms with van der Waals surface area (Å²) in [4.78, 5) is 0. The number of nitrogens with one attached hydrogen (secondary N) is 1. The molecule has 1 fully saturated rings. The third-order valence-electron chi connectivity index (χ3n) is 2.75. The van der Waals surface area contributed by atoms with Crippen molar-refractivity contribution in [3.05, 3.63) is 28.2 Å². The molecular weight excluding hydrogens is 278 g/mol. The van der Waals surface area contributed by atoms with Crippen molar-refractivity contribution in [2.45, 2.75) is 39.3 Å². The molecule has 1 N–H and O–H groups in total. The third kappa shape index (κ3) is 4.32. The first-order valence-electron chi connectivity index (χ1n) is 6.30. The maximum Gasteiger partial charge on any atom is 0.123 e. The molecule has 94 valence electrons. The first kappa shape index (κ1) is 12.9. The summed E-state index contributed by atoms with van der Waals surface area (Å²) in [7, 11) is 0. The lowest BCUT2D eigenvalue weighted by molar-refractivity contribution is 0.268. The van der Waals surface area contributed by atoms with Gasteiger partial charge in [-0.1, -0.05) is 29.8 Å². The first-order valence-corrected chi connectivity index (χ1v) is 7.09. The summed E-state index contributed by atoms with van der Waals surface area (Å²) < 4.78 is 6.96. The highest BCUT2D eigenvalue weighted by molar-refractivity contribution is 9.10. The fourth-order valence-electron chi connectivity index (χ4n) is 1.63. The zero-order chi connectivity index (χ0) is 12.3. The van der Waals surface area contributed by atoms with Crippen LogP contribution in [0.2, 0.25) is 0 Å². The van der Waals surface area contributed by atoms with Gasteiger partial charge in [0.25, 0.3) is 0 Å². The number of hydrogen-bond acceptors (Lipinski definition) is 2. The van der Waals surface area contributed by atoms with Gasteiger partial charge >= 0.3 is 0 Å². The smallest absolute Gasteiger partial charge is 0.123 e. The molecule has 2 rings (SSSR count). The van der Waals surface area contributed by atoms with Crippen LogP contribution in [-0.2, 0) is 6.54 Å². The molecule has 1 aromatic rings. The minimum absolute atomic E-state index is 0.558. The van der Waals surface area contributed by atoms with Crippen LogP contribution in [0.3, 0.4) is 0 Å². The normalized spacial score (nSPS) is 15.3. The fourth-order valence-corrected chi connectivity index (χ4v) is 2.03. The highest BCUT2D eigenvalue weighted by atomic mass is 79.9. The minimum atomic E-state index is 0.558. The van der Waals surface area contributed by atoms with Gasteiger partial charge in [0.05, 0.1) is 6.61 Å². The minimum Gasteiger partial charge on any atom is -0.493 e. The van der Waals surface area contributed by atoms with Crippen LogP contribution in [-0.4, -0.2) is 12.6 Å². The van der Waals surface area contributed by atoms with E-state index in [0.717, 1.165) is 29.4 Å². The molecule has 0 radical (unpaired) electrons. The Hall–Kier alpha value is -0.540. The maximum atomic E-state index is 5.85. The van der Waals surface area contributed by atoms with E-state index in [1.165, 1.54) is 18.4 Å². The molecule has 0 aromatic heterocycles. The SMILES string of the molecule is CC(C)COc1ccc(Br)cc1CNC1CC1.